The highest BCUT2D eigenvalue weighted by molar-refractivity contribution is 5.93. The Morgan fingerprint density at radius 3 is 1.28 bits per heavy atom. The number of primary amides is 1. The molecule has 12 nitrogen and oxygen atoms in total. The maximum atomic E-state index is 14.3. The van der Waals surface area contributed by atoms with Crippen LogP contribution in [0.1, 0.15) is 94.2 Å². The Balaban J connectivity index is 1.12. The molecule has 3 aliphatic rings. The van der Waals surface area contributed by atoms with E-state index in [0.29, 0.717) is 44.9 Å². The molecule has 0 saturated heterocycles. The normalized spacial score (nSPS) is 23.6. The fourth-order valence-corrected chi connectivity index (χ4v) is 9.86. The second-order valence-electron chi connectivity index (χ2n) is 17.4. The standard InChI is InChI=1S/C49H61N5O7/c1-31(55)51-40-25-13-24-39(40)49(61)53-42(27-33-16-7-3-8-17-33)45(57)29-35-20-11-22-37(35)47(59)52-41(26-32-14-5-2-6-15-32)44(56)30-36-21-12-23-38(36)48(60)54-43(46(50)58)28-34-18-9-4-10-19-34/h2-10,14-19,35-43H,11-13,20-30H2,1H3,(H2,50,58)(H,51,55)(H,52,59)(H,53,61)(H,54,60)/t35?,36?,37?,38?,39?,40?,41-,42-,43-/m0/s1. The van der Waals surface area contributed by atoms with Gasteiger partial charge in [0.1, 0.15) is 6.04 Å². The monoisotopic (exact) mass is 831 g/mol. The van der Waals surface area contributed by atoms with Gasteiger partial charge in [0.2, 0.25) is 29.5 Å². The molecule has 6 unspecified atom stereocenters. The highest BCUT2D eigenvalue weighted by atomic mass is 16.2. The van der Waals surface area contributed by atoms with Gasteiger partial charge in [-0.05, 0) is 79.9 Å². The number of rotatable bonds is 20. The zero-order chi connectivity index (χ0) is 43.3. The molecule has 6 rings (SSSR count). The van der Waals surface area contributed by atoms with Crippen LogP contribution in [0.5, 0.6) is 0 Å². The first kappa shape index (κ1) is 44.9. The van der Waals surface area contributed by atoms with E-state index in [1.165, 1.54) is 6.92 Å². The average Bonchev–Trinajstić information content (AvgIpc) is 4.03. The molecule has 0 aromatic heterocycles. The third kappa shape index (κ3) is 12.7. The van der Waals surface area contributed by atoms with Crippen molar-refractivity contribution in [3.05, 3.63) is 108 Å². The van der Waals surface area contributed by atoms with Crippen molar-refractivity contribution in [1.29, 1.82) is 0 Å². The number of Topliss-reactive ketones (excluding diaryl/α,β-unsaturated/α-hetero) is 2. The molecular weight excluding hydrogens is 771 g/mol. The summed E-state index contributed by atoms with van der Waals surface area (Å²) in [6, 6.07) is 25.5. The van der Waals surface area contributed by atoms with E-state index in [2.05, 4.69) is 21.3 Å². The zero-order valence-electron chi connectivity index (χ0n) is 35.2. The molecule has 0 heterocycles. The van der Waals surface area contributed by atoms with E-state index in [-0.39, 0.29) is 78.8 Å². The van der Waals surface area contributed by atoms with Gasteiger partial charge in [-0.1, -0.05) is 110 Å². The van der Waals surface area contributed by atoms with Crippen molar-refractivity contribution in [2.75, 3.05) is 0 Å². The first-order valence-electron chi connectivity index (χ1n) is 22.1. The van der Waals surface area contributed by atoms with Gasteiger partial charge in [0.25, 0.3) is 0 Å². The van der Waals surface area contributed by atoms with Crippen LogP contribution in [0.4, 0.5) is 0 Å². The highest BCUT2D eigenvalue weighted by Crippen LogP contribution is 2.37. The summed E-state index contributed by atoms with van der Waals surface area (Å²) in [5.41, 5.74) is 8.36. The number of amides is 5. The van der Waals surface area contributed by atoms with Crippen LogP contribution < -0.4 is 27.0 Å². The first-order chi connectivity index (χ1) is 29.4. The summed E-state index contributed by atoms with van der Waals surface area (Å²) in [6.45, 7) is 1.44. The van der Waals surface area contributed by atoms with Crippen LogP contribution in [-0.4, -0.2) is 65.3 Å². The van der Waals surface area contributed by atoms with E-state index in [4.69, 9.17) is 5.73 Å². The minimum atomic E-state index is -0.886. The molecule has 0 aliphatic heterocycles. The quantitative estimate of drug-likeness (QED) is 0.109. The number of nitrogens with one attached hydrogen (secondary N) is 4. The van der Waals surface area contributed by atoms with Gasteiger partial charge in [0.15, 0.2) is 11.6 Å². The van der Waals surface area contributed by atoms with E-state index in [0.717, 1.165) is 36.0 Å². The predicted molar refractivity (Wildman–Crippen MR) is 231 cm³/mol. The third-order valence-corrected chi connectivity index (χ3v) is 13.1. The number of carbonyl (C=O) groups excluding carboxylic acids is 7. The molecule has 3 saturated carbocycles. The van der Waals surface area contributed by atoms with Gasteiger partial charge in [-0.15, -0.1) is 0 Å². The maximum Gasteiger partial charge on any atom is 0.240 e. The van der Waals surface area contributed by atoms with Crippen molar-refractivity contribution in [3.63, 3.8) is 0 Å². The summed E-state index contributed by atoms with van der Waals surface area (Å²) < 4.78 is 0. The Kier molecular flexibility index (Phi) is 16.0. The molecule has 0 radical (unpaired) electrons. The van der Waals surface area contributed by atoms with E-state index in [1.807, 2.05) is 91.0 Å². The van der Waals surface area contributed by atoms with Crippen molar-refractivity contribution in [2.24, 2.45) is 35.3 Å². The summed E-state index contributed by atoms with van der Waals surface area (Å²) in [7, 11) is 0. The lowest BCUT2D eigenvalue weighted by molar-refractivity contribution is -0.134. The van der Waals surface area contributed by atoms with Crippen LogP contribution in [0.3, 0.4) is 0 Å². The van der Waals surface area contributed by atoms with Gasteiger partial charge in [-0.2, -0.15) is 0 Å². The molecule has 324 valence electrons. The molecule has 3 fully saturated rings. The highest BCUT2D eigenvalue weighted by Gasteiger charge is 2.41. The molecule has 3 aromatic rings. The number of hydrogen-bond donors (Lipinski definition) is 5. The molecular formula is C49H61N5O7. The van der Waals surface area contributed by atoms with E-state index in [9.17, 15) is 33.6 Å². The van der Waals surface area contributed by atoms with Crippen molar-refractivity contribution in [1.82, 2.24) is 21.3 Å². The van der Waals surface area contributed by atoms with Crippen LogP contribution in [0.2, 0.25) is 0 Å². The molecule has 0 bridgehead atoms. The van der Waals surface area contributed by atoms with Crippen LogP contribution in [-0.2, 0) is 52.8 Å². The van der Waals surface area contributed by atoms with Gasteiger partial charge >= 0.3 is 0 Å². The molecule has 0 spiro atoms. The first-order valence-corrected chi connectivity index (χ1v) is 22.1. The van der Waals surface area contributed by atoms with Gasteiger partial charge in [0.05, 0.1) is 18.0 Å². The molecule has 5 amide bonds. The minimum Gasteiger partial charge on any atom is -0.368 e. The van der Waals surface area contributed by atoms with E-state index in [1.54, 1.807) is 0 Å². The largest absolute Gasteiger partial charge is 0.368 e. The number of hydrogen-bond acceptors (Lipinski definition) is 7. The lowest BCUT2D eigenvalue weighted by Gasteiger charge is -2.27. The lowest BCUT2D eigenvalue weighted by atomic mass is 9.85. The molecule has 3 aliphatic carbocycles. The minimum absolute atomic E-state index is 0.0903. The maximum absolute atomic E-state index is 14.3. The van der Waals surface area contributed by atoms with Crippen LogP contribution >= 0.6 is 0 Å². The van der Waals surface area contributed by atoms with Crippen LogP contribution in [0.25, 0.3) is 0 Å². The molecule has 12 heteroatoms. The summed E-state index contributed by atoms with van der Waals surface area (Å²) >= 11 is 0. The summed E-state index contributed by atoms with van der Waals surface area (Å²) in [5.74, 6) is -3.91. The predicted octanol–water partition coefficient (Wildman–Crippen LogP) is 4.71. The second kappa shape index (κ2) is 21.7. The third-order valence-electron chi connectivity index (χ3n) is 13.1. The fraction of sp³-hybridized carbons (Fsp3) is 0.490. The van der Waals surface area contributed by atoms with Crippen LogP contribution in [0.15, 0.2) is 91.0 Å². The van der Waals surface area contributed by atoms with Gasteiger partial charge < -0.3 is 27.0 Å². The Hall–Kier alpha value is -5.65. The SMILES string of the molecule is CC(=O)NC1CCCC1C(=O)N[C@@H](Cc1ccccc1)C(=O)CC1CCCC1C(=O)N[C@@H](Cc1ccccc1)C(=O)CC1CCCC1C(=O)N[C@@H](Cc1ccccc1)C(N)=O. The zero-order valence-corrected chi connectivity index (χ0v) is 35.2. The smallest absolute Gasteiger partial charge is 0.240 e. The molecule has 61 heavy (non-hydrogen) atoms. The average molecular weight is 832 g/mol. The number of nitrogens with two attached hydrogens (primary N) is 1. The molecule has 6 N–H and O–H groups in total. The number of benzene rings is 3. The van der Waals surface area contributed by atoms with Crippen molar-refractivity contribution in [2.45, 2.75) is 121 Å². The second-order valence-corrected chi connectivity index (χ2v) is 17.4. The Morgan fingerprint density at radius 1 is 0.508 bits per heavy atom. The van der Waals surface area contributed by atoms with Crippen molar-refractivity contribution < 1.29 is 33.6 Å². The van der Waals surface area contributed by atoms with Gasteiger partial charge in [0, 0.05) is 44.1 Å². The Labute approximate surface area is 359 Å². The lowest BCUT2D eigenvalue weighted by Crippen LogP contribution is -2.50. The summed E-state index contributed by atoms with van der Waals surface area (Å²) in [4.78, 5) is 94.2. The topological polar surface area (TPSA) is 194 Å². The molecule has 3 aromatic carbocycles. The van der Waals surface area contributed by atoms with Crippen molar-refractivity contribution in [3.8, 4) is 0 Å². The Bertz CT molecular complexity index is 1990. The van der Waals surface area contributed by atoms with E-state index < -0.39 is 41.8 Å². The van der Waals surface area contributed by atoms with E-state index >= 15 is 0 Å². The van der Waals surface area contributed by atoms with Crippen LogP contribution in [0, 0.1) is 29.6 Å². The fourth-order valence-electron chi connectivity index (χ4n) is 9.86. The Morgan fingerprint density at radius 2 is 0.869 bits per heavy atom. The number of ketones is 2. The van der Waals surface area contributed by atoms with Gasteiger partial charge in [-0.3, -0.25) is 33.6 Å². The van der Waals surface area contributed by atoms with Gasteiger partial charge in [-0.25, -0.2) is 0 Å². The summed E-state index contributed by atoms with van der Waals surface area (Å²) in [5, 5.41) is 11.9. The molecule has 9 atom stereocenters. The summed E-state index contributed by atoms with van der Waals surface area (Å²) in [6.07, 6.45) is 7.14. The number of carbonyl (C=O) groups is 7. The van der Waals surface area contributed by atoms with Crippen molar-refractivity contribution >= 4 is 41.1 Å².